The third-order valence-corrected chi connectivity index (χ3v) is 2.56. The van der Waals surface area contributed by atoms with Crippen LogP contribution in [-0.4, -0.2) is 7.05 Å². The molecule has 0 aliphatic carbocycles. The predicted octanol–water partition coefficient (Wildman–Crippen LogP) is 2.92. The summed E-state index contributed by atoms with van der Waals surface area (Å²) in [4.78, 5) is 0. The van der Waals surface area contributed by atoms with Gasteiger partial charge in [0.25, 0.3) is 0 Å². The maximum atomic E-state index is 13.0. The minimum absolute atomic E-state index is 0.0804. The van der Waals surface area contributed by atoms with Crippen LogP contribution in [0.1, 0.15) is 17.4 Å². The fourth-order valence-electron chi connectivity index (χ4n) is 1.73. The van der Waals surface area contributed by atoms with E-state index in [4.69, 9.17) is 4.42 Å². The molecule has 2 nitrogen and oxygen atoms in total. The zero-order valence-corrected chi connectivity index (χ0v) is 9.11. The molecule has 0 bridgehead atoms. The standard InChI is InChI=1S/C13H14FNO/c1-15-12(13-6-3-7-16-13)9-10-4-2-5-11(14)8-10/h2-8,12,15H,9H2,1H3. The van der Waals surface area contributed by atoms with Crippen molar-refractivity contribution in [3.63, 3.8) is 0 Å². The average molecular weight is 219 g/mol. The van der Waals surface area contributed by atoms with Gasteiger partial charge in [0.2, 0.25) is 0 Å². The zero-order chi connectivity index (χ0) is 11.4. The predicted molar refractivity (Wildman–Crippen MR) is 60.6 cm³/mol. The van der Waals surface area contributed by atoms with Gasteiger partial charge in [-0.2, -0.15) is 0 Å². The first-order chi connectivity index (χ1) is 7.79. The number of hydrogen-bond donors (Lipinski definition) is 1. The monoisotopic (exact) mass is 219 g/mol. The maximum absolute atomic E-state index is 13.0. The number of rotatable bonds is 4. The normalized spacial score (nSPS) is 12.6. The minimum atomic E-state index is -0.202. The lowest BCUT2D eigenvalue weighted by atomic mass is 10.0. The number of halogens is 1. The lowest BCUT2D eigenvalue weighted by molar-refractivity contribution is 0.429. The number of hydrogen-bond acceptors (Lipinski definition) is 2. The molecule has 0 saturated heterocycles. The van der Waals surface area contributed by atoms with Gasteiger partial charge in [-0.05, 0) is 43.3 Å². The van der Waals surface area contributed by atoms with Gasteiger partial charge >= 0.3 is 0 Å². The average Bonchev–Trinajstić information content (AvgIpc) is 2.79. The van der Waals surface area contributed by atoms with Gasteiger partial charge in [-0.25, -0.2) is 4.39 Å². The van der Waals surface area contributed by atoms with Crippen molar-refractivity contribution in [2.45, 2.75) is 12.5 Å². The molecule has 1 unspecified atom stereocenters. The molecule has 3 heteroatoms. The molecule has 16 heavy (non-hydrogen) atoms. The van der Waals surface area contributed by atoms with Crippen LogP contribution in [0.15, 0.2) is 47.1 Å². The first kappa shape index (κ1) is 10.9. The molecular formula is C13H14FNO. The first-order valence-electron chi connectivity index (χ1n) is 5.24. The van der Waals surface area contributed by atoms with Crippen molar-refractivity contribution in [3.05, 3.63) is 59.8 Å². The van der Waals surface area contributed by atoms with Crippen molar-refractivity contribution in [2.75, 3.05) is 7.05 Å². The van der Waals surface area contributed by atoms with Crippen molar-refractivity contribution >= 4 is 0 Å². The lowest BCUT2D eigenvalue weighted by Gasteiger charge is -2.13. The molecule has 2 rings (SSSR count). The summed E-state index contributed by atoms with van der Waals surface area (Å²) in [6.45, 7) is 0. The zero-order valence-electron chi connectivity index (χ0n) is 9.11. The van der Waals surface area contributed by atoms with E-state index in [9.17, 15) is 4.39 Å². The Kier molecular flexibility index (Phi) is 3.37. The molecule has 1 N–H and O–H groups in total. The maximum Gasteiger partial charge on any atom is 0.123 e. The van der Waals surface area contributed by atoms with Gasteiger partial charge < -0.3 is 9.73 Å². The Labute approximate surface area is 94.1 Å². The van der Waals surface area contributed by atoms with Crippen molar-refractivity contribution in [1.82, 2.24) is 5.32 Å². The highest BCUT2D eigenvalue weighted by Crippen LogP contribution is 2.18. The minimum Gasteiger partial charge on any atom is -0.468 e. The Morgan fingerprint density at radius 2 is 2.19 bits per heavy atom. The Bertz CT molecular complexity index is 439. The van der Waals surface area contributed by atoms with Gasteiger partial charge in [-0.15, -0.1) is 0 Å². The van der Waals surface area contributed by atoms with Crippen molar-refractivity contribution < 1.29 is 8.81 Å². The van der Waals surface area contributed by atoms with E-state index in [-0.39, 0.29) is 11.9 Å². The molecule has 0 amide bonds. The summed E-state index contributed by atoms with van der Waals surface area (Å²) >= 11 is 0. The van der Waals surface area contributed by atoms with Crippen LogP contribution in [0.25, 0.3) is 0 Å². The van der Waals surface area contributed by atoms with Crippen LogP contribution in [0, 0.1) is 5.82 Å². The molecule has 1 aromatic carbocycles. The molecule has 0 fully saturated rings. The van der Waals surface area contributed by atoms with E-state index < -0.39 is 0 Å². The number of nitrogens with one attached hydrogen (secondary N) is 1. The summed E-state index contributed by atoms with van der Waals surface area (Å²) in [6.07, 6.45) is 2.35. The Morgan fingerprint density at radius 3 is 2.81 bits per heavy atom. The fourth-order valence-corrected chi connectivity index (χ4v) is 1.73. The van der Waals surface area contributed by atoms with Gasteiger partial charge in [0.05, 0.1) is 12.3 Å². The Morgan fingerprint density at radius 1 is 1.31 bits per heavy atom. The molecular weight excluding hydrogens is 205 g/mol. The van der Waals surface area contributed by atoms with Crippen LogP contribution in [0.3, 0.4) is 0 Å². The SMILES string of the molecule is CNC(Cc1cccc(F)c1)c1ccco1. The third kappa shape index (κ3) is 2.49. The van der Waals surface area contributed by atoms with Gasteiger partial charge in [-0.3, -0.25) is 0 Å². The van der Waals surface area contributed by atoms with Gasteiger partial charge in [-0.1, -0.05) is 12.1 Å². The van der Waals surface area contributed by atoms with Crippen LogP contribution < -0.4 is 5.32 Å². The van der Waals surface area contributed by atoms with Crippen molar-refractivity contribution in [1.29, 1.82) is 0 Å². The molecule has 84 valence electrons. The van der Waals surface area contributed by atoms with Crippen LogP contribution in [0.5, 0.6) is 0 Å². The molecule has 1 heterocycles. The summed E-state index contributed by atoms with van der Waals surface area (Å²) in [7, 11) is 1.87. The van der Waals surface area contributed by atoms with Crippen LogP contribution >= 0.6 is 0 Å². The van der Waals surface area contributed by atoms with E-state index in [2.05, 4.69) is 5.32 Å². The summed E-state index contributed by atoms with van der Waals surface area (Å²) < 4.78 is 18.4. The first-order valence-corrected chi connectivity index (χ1v) is 5.24. The van der Waals surface area contributed by atoms with Gasteiger partial charge in [0, 0.05) is 0 Å². The molecule has 0 spiro atoms. The van der Waals surface area contributed by atoms with E-state index >= 15 is 0 Å². The summed E-state index contributed by atoms with van der Waals surface area (Å²) in [5, 5.41) is 3.16. The highest BCUT2D eigenvalue weighted by Gasteiger charge is 2.12. The molecule has 0 aliphatic heterocycles. The topological polar surface area (TPSA) is 25.2 Å². The largest absolute Gasteiger partial charge is 0.468 e. The van der Waals surface area contributed by atoms with E-state index in [1.54, 1.807) is 18.4 Å². The molecule has 1 atom stereocenters. The summed E-state index contributed by atoms with van der Waals surface area (Å²) in [5.74, 6) is 0.665. The second-order valence-electron chi connectivity index (χ2n) is 3.69. The summed E-state index contributed by atoms with van der Waals surface area (Å²) in [5.41, 5.74) is 0.954. The fraction of sp³-hybridized carbons (Fsp3) is 0.231. The van der Waals surface area contributed by atoms with E-state index in [1.807, 2.05) is 25.2 Å². The number of likely N-dealkylation sites (N-methyl/N-ethyl adjacent to an activating group) is 1. The molecule has 0 aliphatic rings. The van der Waals surface area contributed by atoms with Crippen LogP contribution in [-0.2, 0) is 6.42 Å². The number of benzene rings is 1. The second kappa shape index (κ2) is 4.94. The summed E-state index contributed by atoms with van der Waals surface area (Å²) in [6, 6.07) is 10.5. The second-order valence-corrected chi connectivity index (χ2v) is 3.69. The smallest absolute Gasteiger partial charge is 0.123 e. The van der Waals surface area contributed by atoms with Gasteiger partial charge in [0.15, 0.2) is 0 Å². The number of furan rings is 1. The van der Waals surface area contributed by atoms with E-state index in [1.165, 1.54) is 6.07 Å². The van der Waals surface area contributed by atoms with E-state index in [0.717, 1.165) is 11.3 Å². The van der Waals surface area contributed by atoms with Crippen LogP contribution in [0.2, 0.25) is 0 Å². The highest BCUT2D eigenvalue weighted by atomic mass is 19.1. The van der Waals surface area contributed by atoms with Crippen molar-refractivity contribution in [3.8, 4) is 0 Å². The molecule has 0 radical (unpaired) electrons. The lowest BCUT2D eigenvalue weighted by Crippen LogP contribution is -2.18. The molecule has 2 aromatic rings. The highest BCUT2D eigenvalue weighted by molar-refractivity contribution is 5.19. The quantitative estimate of drug-likeness (QED) is 0.855. The van der Waals surface area contributed by atoms with Gasteiger partial charge in [0.1, 0.15) is 11.6 Å². The van der Waals surface area contributed by atoms with E-state index in [0.29, 0.717) is 6.42 Å². The third-order valence-electron chi connectivity index (χ3n) is 2.56. The molecule has 0 saturated carbocycles. The Balaban J connectivity index is 2.13. The van der Waals surface area contributed by atoms with Crippen LogP contribution in [0.4, 0.5) is 4.39 Å². The molecule has 1 aromatic heterocycles. The Hall–Kier alpha value is -1.61. The van der Waals surface area contributed by atoms with Crippen molar-refractivity contribution in [2.24, 2.45) is 0 Å².